The van der Waals surface area contributed by atoms with Gasteiger partial charge in [0.2, 0.25) is 11.8 Å². The molecule has 0 saturated carbocycles. The first-order valence-electron chi connectivity index (χ1n) is 9.38. The minimum absolute atomic E-state index is 0.0598. The Bertz CT molecular complexity index is 392. The van der Waals surface area contributed by atoms with Crippen molar-refractivity contribution >= 4 is 11.8 Å². The molecule has 0 aromatic heterocycles. The van der Waals surface area contributed by atoms with Crippen LogP contribution in [0.15, 0.2) is 0 Å². The number of carbonyl (C=O) groups is 2. The van der Waals surface area contributed by atoms with Crippen LogP contribution >= 0.6 is 0 Å². The number of piperidine rings is 1. The second-order valence-corrected chi connectivity index (χ2v) is 7.26. The van der Waals surface area contributed by atoms with Crippen molar-refractivity contribution in [2.24, 2.45) is 11.8 Å². The highest BCUT2D eigenvalue weighted by Gasteiger charge is 2.33. The van der Waals surface area contributed by atoms with Gasteiger partial charge in [-0.05, 0) is 51.2 Å². The number of rotatable bonds is 8. The van der Waals surface area contributed by atoms with Gasteiger partial charge in [-0.1, -0.05) is 20.3 Å². The topological polar surface area (TPSA) is 52.7 Å². The molecule has 5 heteroatoms. The zero-order chi connectivity index (χ0) is 16.7. The van der Waals surface area contributed by atoms with Gasteiger partial charge >= 0.3 is 0 Å². The van der Waals surface area contributed by atoms with Crippen LogP contribution in [0, 0.1) is 11.8 Å². The lowest BCUT2D eigenvalue weighted by molar-refractivity contribution is -0.129. The Labute approximate surface area is 140 Å². The van der Waals surface area contributed by atoms with E-state index in [9.17, 15) is 9.59 Å². The molecule has 1 atom stereocenters. The molecule has 23 heavy (non-hydrogen) atoms. The molecular formula is C18H33N3O2. The standard InChI is InChI=1S/C18H33N3O2/c1-3-4-10-21-14-16(13-17(21)22)18(23)19-8-5-9-20-11-6-15(2)7-12-20/h15-16H,3-14H2,1-2H3,(H,19,23). The van der Waals surface area contributed by atoms with Gasteiger partial charge < -0.3 is 15.1 Å². The van der Waals surface area contributed by atoms with Gasteiger partial charge in [0.1, 0.15) is 0 Å². The van der Waals surface area contributed by atoms with E-state index in [0.717, 1.165) is 44.8 Å². The fourth-order valence-corrected chi connectivity index (χ4v) is 3.46. The molecule has 0 radical (unpaired) electrons. The number of unbranched alkanes of at least 4 members (excludes halogenated alkanes) is 1. The van der Waals surface area contributed by atoms with Crippen molar-refractivity contribution in [2.75, 3.05) is 39.3 Å². The summed E-state index contributed by atoms with van der Waals surface area (Å²) < 4.78 is 0. The predicted molar refractivity (Wildman–Crippen MR) is 92.1 cm³/mol. The normalized spacial score (nSPS) is 23.5. The van der Waals surface area contributed by atoms with Gasteiger partial charge in [0, 0.05) is 26.1 Å². The van der Waals surface area contributed by atoms with E-state index in [0.29, 0.717) is 13.0 Å². The summed E-state index contributed by atoms with van der Waals surface area (Å²) in [5, 5.41) is 3.03. The minimum atomic E-state index is -0.143. The van der Waals surface area contributed by atoms with Crippen molar-refractivity contribution in [2.45, 2.75) is 52.4 Å². The number of likely N-dealkylation sites (tertiary alicyclic amines) is 2. The first-order valence-corrected chi connectivity index (χ1v) is 9.38. The lowest BCUT2D eigenvalue weighted by atomic mass is 9.99. The van der Waals surface area contributed by atoms with Gasteiger partial charge in [0.05, 0.1) is 5.92 Å². The maximum Gasteiger partial charge on any atom is 0.225 e. The van der Waals surface area contributed by atoms with Crippen LogP contribution in [0.1, 0.15) is 52.4 Å². The average Bonchev–Trinajstić information content (AvgIpc) is 2.92. The van der Waals surface area contributed by atoms with E-state index < -0.39 is 0 Å². The van der Waals surface area contributed by atoms with Crippen molar-refractivity contribution < 1.29 is 9.59 Å². The van der Waals surface area contributed by atoms with Gasteiger partial charge in [-0.25, -0.2) is 0 Å². The number of nitrogens with zero attached hydrogens (tertiary/aromatic N) is 2. The van der Waals surface area contributed by atoms with Crippen LogP contribution in [-0.4, -0.2) is 60.9 Å². The van der Waals surface area contributed by atoms with Gasteiger partial charge in [-0.2, -0.15) is 0 Å². The number of hydrogen-bond acceptors (Lipinski definition) is 3. The van der Waals surface area contributed by atoms with Gasteiger partial charge in [0.15, 0.2) is 0 Å². The summed E-state index contributed by atoms with van der Waals surface area (Å²) in [5.74, 6) is 0.919. The molecule has 2 aliphatic heterocycles. The Morgan fingerprint density at radius 1 is 1.22 bits per heavy atom. The number of amides is 2. The maximum atomic E-state index is 12.2. The van der Waals surface area contributed by atoms with Crippen molar-refractivity contribution in [3.63, 3.8) is 0 Å². The SMILES string of the molecule is CCCCN1CC(C(=O)NCCCN2CCC(C)CC2)CC1=O. The van der Waals surface area contributed by atoms with Crippen LogP contribution in [0.4, 0.5) is 0 Å². The molecule has 0 aromatic rings. The highest BCUT2D eigenvalue weighted by molar-refractivity contribution is 5.89. The molecular weight excluding hydrogens is 290 g/mol. The monoisotopic (exact) mass is 323 g/mol. The van der Waals surface area contributed by atoms with E-state index in [1.54, 1.807) is 0 Å². The lowest BCUT2D eigenvalue weighted by Crippen LogP contribution is -2.37. The molecule has 0 aromatic carbocycles. The summed E-state index contributed by atoms with van der Waals surface area (Å²) in [4.78, 5) is 28.4. The Morgan fingerprint density at radius 2 is 1.96 bits per heavy atom. The summed E-state index contributed by atoms with van der Waals surface area (Å²) in [6.07, 6.45) is 6.08. The van der Waals surface area contributed by atoms with E-state index >= 15 is 0 Å². The number of carbonyl (C=O) groups excluding carboxylic acids is 2. The Balaban J connectivity index is 1.59. The molecule has 2 aliphatic rings. The van der Waals surface area contributed by atoms with Crippen LogP contribution in [0.25, 0.3) is 0 Å². The first-order chi connectivity index (χ1) is 11.1. The Morgan fingerprint density at radius 3 is 2.65 bits per heavy atom. The predicted octanol–water partition coefficient (Wildman–Crippen LogP) is 1.87. The fourth-order valence-electron chi connectivity index (χ4n) is 3.46. The summed E-state index contributed by atoms with van der Waals surface area (Å²) >= 11 is 0. The van der Waals surface area contributed by atoms with E-state index in [4.69, 9.17) is 0 Å². The summed E-state index contributed by atoms with van der Waals surface area (Å²) in [5.41, 5.74) is 0. The first kappa shape index (κ1) is 18.2. The van der Waals surface area contributed by atoms with Crippen molar-refractivity contribution in [1.82, 2.24) is 15.1 Å². The third-order valence-electron chi connectivity index (χ3n) is 5.19. The molecule has 2 saturated heterocycles. The minimum Gasteiger partial charge on any atom is -0.356 e. The molecule has 2 amide bonds. The van der Waals surface area contributed by atoms with E-state index in [1.165, 1.54) is 25.9 Å². The summed E-state index contributed by atoms with van der Waals surface area (Å²) in [6.45, 7) is 10.0. The maximum absolute atomic E-state index is 12.2. The average molecular weight is 323 g/mol. The van der Waals surface area contributed by atoms with Gasteiger partial charge in [-0.15, -0.1) is 0 Å². The zero-order valence-corrected chi connectivity index (χ0v) is 14.9. The number of nitrogens with one attached hydrogen (secondary N) is 1. The smallest absolute Gasteiger partial charge is 0.225 e. The van der Waals surface area contributed by atoms with Crippen molar-refractivity contribution in [1.29, 1.82) is 0 Å². The Hall–Kier alpha value is -1.10. The van der Waals surface area contributed by atoms with E-state index in [2.05, 4.69) is 24.1 Å². The van der Waals surface area contributed by atoms with Gasteiger partial charge in [-0.3, -0.25) is 9.59 Å². The summed E-state index contributed by atoms with van der Waals surface area (Å²) in [6, 6.07) is 0. The Kier molecular flexibility index (Phi) is 7.34. The molecule has 1 N–H and O–H groups in total. The second-order valence-electron chi connectivity index (χ2n) is 7.26. The highest BCUT2D eigenvalue weighted by Crippen LogP contribution is 2.18. The van der Waals surface area contributed by atoms with Crippen LogP contribution in [-0.2, 0) is 9.59 Å². The van der Waals surface area contributed by atoms with Crippen molar-refractivity contribution in [3.05, 3.63) is 0 Å². The highest BCUT2D eigenvalue weighted by atomic mass is 16.2. The molecule has 0 bridgehead atoms. The molecule has 2 rings (SSSR count). The van der Waals surface area contributed by atoms with Crippen LogP contribution in [0.2, 0.25) is 0 Å². The molecule has 0 spiro atoms. The third-order valence-corrected chi connectivity index (χ3v) is 5.19. The van der Waals surface area contributed by atoms with Crippen LogP contribution < -0.4 is 5.32 Å². The van der Waals surface area contributed by atoms with Crippen molar-refractivity contribution in [3.8, 4) is 0 Å². The van der Waals surface area contributed by atoms with Gasteiger partial charge in [0.25, 0.3) is 0 Å². The molecule has 0 aliphatic carbocycles. The molecule has 5 nitrogen and oxygen atoms in total. The van der Waals surface area contributed by atoms with E-state index in [1.807, 2.05) is 4.90 Å². The lowest BCUT2D eigenvalue weighted by Gasteiger charge is -2.30. The quantitative estimate of drug-likeness (QED) is 0.694. The number of hydrogen-bond donors (Lipinski definition) is 1. The molecule has 2 fully saturated rings. The third kappa shape index (κ3) is 5.79. The van der Waals surface area contributed by atoms with Crippen LogP contribution in [0.3, 0.4) is 0 Å². The fraction of sp³-hybridized carbons (Fsp3) is 0.889. The second kappa shape index (κ2) is 9.26. The largest absolute Gasteiger partial charge is 0.356 e. The summed E-state index contributed by atoms with van der Waals surface area (Å²) in [7, 11) is 0. The zero-order valence-electron chi connectivity index (χ0n) is 14.9. The molecule has 132 valence electrons. The molecule has 2 heterocycles. The molecule has 1 unspecified atom stereocenters. The van der Waals surface area contributed by atoms with Crippen LogP contribution in [0.5, 0.6) is 0 Å². The van der Waals surface area contributed by atoms with E-state index in [-0.39, 0.29) is 17.7 Å².